The zero-order chi connectivity index (χ0) is 70.4. The van der Waals surface area contributed by atoms with Crippen LogP contribution in [0.25, 0.3) is 0 Å². The number of carbonyl (C=O) groups excluding carboxylic acids is 4. The number of aliphatic hydroxyl groups excluding tert-OH is 14. The van der Waals surface area contributed by atoms with Gasteiger partial charge in [0, 0.05) is 109 Å². The SMILES string of the molecule is O=C(O)CCC(C(=O)O)N1CCCN(C(CCC(=O)O)C(=O)O)CCN(C(CCC(=O)O)C(=O)O)CCCN(Cc2cccc(C(=O)NCC(CNC(=O)C(O)C(O)C(O)CO)(CNC(=O)C(O)C(O)C(O)C(O)CO)CNC(=O)C(O)C(O)C(O)C(O)CO)c2)CC1. The second-order valence-electron chi connectivity index (χ2n) is 22.5. The lowest BCUT2D eigenvalue weighted by Gasteiger charge is -2.36. The number of hydrogen-bond donors (Lipinski definition) is 24. The molecule has 0 aromatic heterocycles. The number of nitrogens with one attached hydrogen (secondary N) is 4. The van der Waals surface area contributed by atoms with E-state index in [4.69, 9.17) is 0 Å². The van der Waals surface area contributed by atoms with Crippen LogP contribution < -0.4 is 21.3 Å². The minimum absolute atomic E-state index is 0.00969. The minimum atomic E-state index is -2.63. The van der Waals surface area contributed by atoms with Crippen LogP contribution in [0.15, 0.2) is 24.3 Å². The molecule has 1 aliphatic heterocycles. The topological polar surface area (TPSA) is 636 Å². The second-order valence-corrected chi connectivity index (χ2v) is 22.5. The van der Waals surface area contributed by atoms with Crippen LogP contribution in [0.1, 0.15) is 67.3 Å². The highest BCUT2D eigenvalue weighted by Gasteiger charge is 2.41. The summed E-state index contributed by atoms with van der Waals surface area (Å²) in [4.78, 5) is 134. The van der Waals surface area contributed by atoms with Crippen molar-refractivity contribution in [2.45, 2.75) is 143 Å². The fourth-order valence-electron chi connectivity index (χ4n) is 9.99. The van der Waals surface area contributed by atoms with E-state index >= 15 is 0 Å². The Morgan fingerprint density at radius 2 is 0.753 bits per heavy atom. The van der Waals surface area contributed by atoms with Gasteiger partial charge >= 0.3 is 35.8 Å². The molecular weight excluding hydrogens is 1250 g/mol. The molecule has 530 valence electrons. The van der Waals surface area contributed by atoms with E-state index in [2.05, 4.69) is 21.3 Å². The lowest BCUT2D eigenvalue weighted by molar-refractivity contribution is -0.150. The van der Waals surface area contributed by atoms with Crippen molar-refractivity contribution < 1.29 is 150 Å². The molecule has 38 heteroatoms. The molecule has 14 unspecified atom stereocenters. The van der Waals surface area contributed by atoms with Crippen molar-refractivity contribution in [3.8, 4) is 0 Å². The highest BCUT2D eigenvalue weighted by Crippen LogP contribution is 2.21. The maximum Gasteiger partial charge on any atom is 0.320 e. The number of hydrogen-bond acceptors (Lipinski definition) is 28. The molecule has 2 rings (SSSR count). The first kappa shape index (κ1) is 82.3. The van der Waals surface area contributed by atoms with Gasteiger partial charge in [0.1, 0.15) is 67.0 Å². The Bertz CT molecular complexity index is 2530. The standard InChI is InChI=1S/C55H90N8O30/c64-22-34(67)40(76)43(79)46(82)50(86)58-27-55(26-57-49(85)45(81)42(78)36(69)24-66,28-59-51(87)47(83)44(80)41(77)35(68)23-65)25-56-48(84)30-5-1-4-29(20-30)21-60-12-2-13-62(32(53(90)91)7-10-38(72)73)18-19-63(33(54(92)93)8-11-39(74)75)15-3-14-61(17-16-60)31(52(88)89)6-9-37(70)71/h1,4-5,20,31-36,40-47,64-69,76-83H,2-3,6-19,21-28H2,(H,56,84)(H,57,85)(H,58,86)(H,59,87)(H,70,71)(H,72,73)(H,74,75)(H,88,89)(H,90,91)(H,92,93). The third-order valence-corrected chi connectivity index (χ3v) is 15.6. The Morgan fingerprint density at radius 3 is 1.11 bits per heavy atom. The van der Waals surface area contributed by atoms with Crippen LogP contribution in [0, 0.1) is 5.41 Å². The summed E-state index contributed by atoms with van der Waals surface area (Å²) in [5, 5.41) is 210. The van der Waals surface area contributed by atoms with Crippen LogP contribution in [-0.4, -0.2) is 365 Å². The Hall–Kier alpha value is -6.80. The molecule has 1 heterocycles. The number of rotatable bonds is 40. The summed E-state index contributed by atoms with van der Waals surface area (Å²) in [6.45, 7) is -8.13. The van der Waals surface area contributed by atoms with Gasteiger partial charge in [-0.25, -0.2) is 0 Å². The molecule has 1 aliphatic rings. The van der Waals surface area contributed by atoms with Crippen molar-refractivity contribution in [1.82, 2.24) is 40.9 Å². The van der Waals surface area contributed by atoms with Gasteiger partial charge in [0.25, 0.3) is 23.6 Å². The fraction of sp³-hybridized carbons (Fsp3) is 0.709. The lowest BCUT2D eigenvalue weighted by atomic mass is 9.86. The van der Waals surface area contributed by atoms with Gasteiger partial charge in [0.2, 0.25) is 0 Å². The van der Waals surface area contributed by atoms with Gasteiger partial charge in [-0.2, -0.15) is 0 Å². The molecule has 24 N–H and O–H groups in total. The molecule has 14 atom stereocenters. The largest absolute Gasteiger partial charge is 0.481 e. The minimum Gasteiger partial charge on any atom is -0.481 e. The number of carboxylic acid groups (broad SMARTS) is 6. The number of carboxylic acids is 6. The number of aliphatic hydroxyl groups is 14. The summed E-state index contributed by atoms with van der Waals surface area (Å²) in [7, 11) is 0. The maximum absolute atomic E-state index is 14.4. The van der Waals surface area contributed by atoms with Crippen molar-refractivity contribution in [1.29, 1.82) is 0 Å². The van der Waals surface area contributed by atoms with Gasteiger partial charge in [0.15, 0.2) is 18.3 Å². The maximum atomic E-state index is 14.4. The van der Waals surface area contributed by atoms with E-state index < -0.39 is 215 Å². The summed E-state index contributed by atoms with van der Waals surface area (Å²) >= 11 is 0. The van der Waals surface area contributed by atoms with E-state index in [0.717, 1.165) is 0 Å². The molecule has 0 aliphatic carbocycles. The quantitative estimate of drug-likeness (QED) is 0.0290. The molecule has 93 heavy (non-hydrogen) atoms. The molecule has 1 aromatic rings. The van der Waals surface area contributed by atoms with Gasteiger partial charge in [-0.1, -0.05) is 12.1 Å². The predicted molar refractivity (Wildman–Crippen MR) is 312 cm³/mol. The summed E-state index contributed by atoms with van der Waals surface area (Å²) in [5.41, 5.74) is -1.97. The summed E-state index contributed by atoms with van der Waals surface area (Å²) in [6, 6.07) is 1.34. The molecule has 1 aromatic carbocycles. The molecule has 1 saturated heterocycles. The zero-order valence-corrected chi connectivity index (χ0v) is 50.7. The normalized spacial score (nSPS) is 19.7. The molecule has 0 bridgehead atoms. The molecule has 0 radical (unpaired) electrons. The van der Waals surface area contributed by atoms with E-state index in [1.54, 1.807) is 11.0 Å². The average molecular weight is 1340 g/mol. The van der Waals surface area contributed by atoms with Gasteiger partial charge in [-0.3, -0.25) is 67.5 Å². The molecule has 0 spiro atoms. The number of carbonyl (C=O) groups is 10. The second kappa shape index (κ2) is 41.1. The number of aliphatic carboxylic acids is 6. The fourth-order valence-corrected chi connectivity index (χ4v) is 9.99. The zero-order valence-electron chi connectivity index (χ0n) is 50.7. The van der Waals surface area contributed by atoms with Gasteiger partial charge in [-0.15, -0.1) is 0 Å². The molecule has 38 nitrogen and oxygen atoms in total. The summed E-state index contributed by atoms with van der Waals surface area (Å²) in [5.74, 6) is -13.8. The monoisotopic (exact) mass is 1340 g/mol. The summed E-state index contributed by atoms with van der Waals surface area (Å²) < 4.78 is 0. The van der Waals surface area contributed by atoms with Crippen LogP contribution in [-0.2, 0) is 49.7 Å². The van der Waals surface area contributed by atoms with Crippen molar-refractivity contribution in [3.05, 3.63) is 35.4 Å². The Balaban J connectivity index is 2.79. The average Bonchev–Trinajstić information content (AvgIpc) is 1.01. The molecular formula is C55H90N8O30. The molecule has 0 saturated carbocycles. The van der Waals surface area contributed by atoms with Crippen LogP contribution >= 0.6 is 0 Å². The number of amides is 4. The van der Waals surface area contributed by atoms with Gasteiger partial charge < -0.3 is 123 Å². The Kier molecular flexibility index (Phi) is 36.4. The smallest absolute Gasteiger partial charge is 0.320 e. The van der Waals surface area contributed by atoms with E-state index in [0.29, 0.717) is 5.56 Å². The third kappa shape index (κ3) is 27.6. The third-order valence-electron chi connectivity index (χ3n) is 15.6. The van der Waals surface area contributed by atoms with Gasteiger partial charge in [-0.05, 0) is 56.3 Å². The van der Waals surface area contributed by atoms with Crippen LogP contribution in [0.2, 0.25) is 0 Å². The first-order chi connectivity index (χ1) is 43.6. The van der Waals surface area contributed by atoms with E-state index in [9.17, 15) is 150 Å². The van der Waals surface area contributed by atoms with Crippen LogP contribution in [0.5, 0.6) is 0 Å². The van der Waals surface area contributed by atoms with Crippen LogP contribution in [0.3, 0.4) is 0 Å². The van der Waals surface area contributed by atoms with Crippen molar-refractivity contribution in [3.63, 3.8) is 0 Å². The van der Waals surface area contributed by atoms with Gasteiger partial charge in [0.05, 0.1) is 19.8 Å². The van der Waals surface area contributed by atoms with Crippen molar-refractivity contribution in [2.75, 3.05) is 98.4 Å². The highest BCUT2D eigenvalue weighted by atomic mass is 16.4. The van der Waals surface area contributed by atoms with E-state index in [1.165, 1.54) is 32.9 Å². The first-order valence-electron chi connectivity index (χ1n) is 29.5. The van der Waals surface area contributed by atoms with E-state index in [1.807, 2.05) is 0 Å². The number of benzene rings is 1. The molecule has 1 fully saturated rings. The number of nitrogens with zero attached hydrogens (tertiary/aromatic N) is 4. The highest BCUT2D eigenvalue weighted by molar-refractivity contribution is 5.94. The Labute approximate surface area is 531 Å². The van der Waals surface area contributed by atoms with Crippen LogP contribution in [0.4, 0.5) is 0 Å². The first-order valence-corrected chi connectivity index (χ1v) is 29.5. The van der Waals surface area contributed by atoms with E-state index in [-0.39, 0.29) is 96.6 Å². The molecule has 4 amide bonds. The van der Waals surface area contributed by atoms with Crippen molar-refractivity contribution in [2.24, 2.45) is 5.41 Å². The van der Waals surface area contributed by atoms with Crippen molar-refractivity contribution >= 4 is 59.4 Å². The Morgan fingerprint density at radius 1 is 0.419 bits per heavy atom. The summed E-state index contributed by atoms with van der Waals surface area (Å²) in [6.07, 6.45) is -29.0. The predicted octanol–water partition coefficient (Wildman–Crippen LogP) is -10.8. The lowest BCUT2D eigenvalue weighted by Crippen LogP contribution is -2.61.